The van der Waals surface area contributed by atoms with Crippen LogP contribution in [0, 0.1) is 13.8 Å². The maximum Gasteiger partial charge on any atom is 0.261 e. The van der Waals surface area contributed by atoms with Crippen molar-refractivity contribution in [1.82, 2.24) is 19.6 Å². The molecule has 21 heavy (non-hydrogen) atoms. The van der Waals surface area contributed by atoms with E-state index < -0.39 is 9.05 Å². The summed E-state index contributed by atoms with van der Waals surface area (Å²) in [4.78, 5) is 8.41. The Morgan fingerprint density at radius 2 is 1.95 bits per heavy atom. The third-order valence-corrected chi connectivity index (χ3v) is 4.60. The monoisotopic (exact) mass is 322 g/mol. The topological polar surface area (TPSA) is 77.2 Å². The van der Waals surface area contributed by atoms with Crippen molar-refractivity contribution in [3.8, 4) is 11.3 Å². The van der Waals surface area contributed by atoms with Crippen LogP contribution in [0.5, 0.6) is 0 Å². The normalized spacial score (nSPS) is 12.0. The zero-order valence-electron chi connectivity index (χ0n) is 11.3. The summed E-state index contributed by atoms with van der Waals surface area (Å²) in [6.45, 7) is 3.72. The average Bonchev–Trinajstić information content (AvgIpc) is 2.83. The molecule has 3 rings (SSSR count). The molecular weight excluding hydrogens is 312 g/mol. The number of benzene rings is 1. The van der Waals surface area contributed by atoms with Crippen molar-refractivity contribution in [3.63, 3.8) is 0 Å². The van der Waals surface area contributed by atoms with Crippen LogP contribution in [0.25, 0.3) is 16.9 Å². The van der Waals surface area contributed by atoms with Gasteiger partial charge in [0.1, 0.15) is 6.33 Å². The lowest BCUT2D eigenvalue weighted by atomic mass is 10.1. The fourth-order valence-corrected chi connectivity index (χ4v) is 2.92. The van der Waals surface area contributed by atoms with Crippen LogP contribution in [0.2, 0.25) is 0 Å². The molecule has 0 amide bonds. The third-order valence-electron chi connectivity index (χ3n) is 3.25. The minimum atomic E-state index is -3.78. The van der Waals surface area contributed by atoms with Crippen molar-refractivity contribution in [1.29, 1.82) is 0 Å². The van der Waals surface area contributed by atoms with Gasteiger partial charge in [0, 0.05) is 16.2 Å². The van der Waals surface area contributed by atoms with Gasteiger partial charge in [-0.1, -0.05) is 6.07 Å². The highest BCUT2D eigenvalue weighted by molar-refractivity contribution is 8.13. The Kier molecular flexibility index (Phi) is 3.18. The molecule has 1 aromatic carbocycles. The summed E-state index contributed by atoms with van der Waals surface area (Å²) in [6.07, 6.45) is 3.08. The fraction of sp³-hybridized carbons (Fsp3) is 0.154. The Balaban J connectivity index is 2.30. The second kappa shape index (κ2) is 4.78. The van der Waals surface area contributed by atoms with Gasteiger partial charge in [-0.3, -0.25) is 0 Å². The molecule has 0 aliphatic carbocycles. The summed E-state index contributed by atoms with van der Waals surface area (Å²) in [6, 6.07) is 4.71. The number of hydrogen-bond donors (Lipinski definition) is 0. The number of aromatic nitrogens is 4. The van der Waals surface area contributed by atoms with Crippen molar-refractivity contribution >= 4 is 25.4 Å². The molecule has 3 aromatic rings. The van der Waals surface area contributed by atoms with E-state index in [1.807, 2.05) is 13.8 Å². The maximum atomic E-state index is 11.5. The van der Waals surface area contributed by atoms with Gasteiger partial charge >= 0.3 is 0 Å². The molecule has 0 N–H and O–H groups in total. The van der Waals surface area contributed by atoms with Gasteiger partial charge in [-0.05, 0) is 31.5 Å². The van der Waals surface area contributed by atoms with Gasteiger partial charge in [-0.25, -0.2) is 22.9 Å². The molecule has 0 spiro atoms. The molecule has 0 saturated heterocycles. The van der Waals surface area contributed by atoms with Gasteiger partial charge in [0.25, 0.3) is 9.05 Å². The van der Waals surface area contributed by atoms with Crippen LogP contribution in [0.15, 0.2) is 35.6 Å². The SMILES string of the molecule is Cc1ccc(S(=O)(=O)Cl)cc1-c1cnc2c(C)ncnn12. The van der Waals surface area contributed by atoms with Gasteiger partial charge in [0.2, 0.25) is 0 Å². The van der Waals surface area contributed by atoms with E-state index in [9.17, 15) is 8.42 Å². The van der Waals surface area contributed by atoms with Crippen LogP contribution >= 0.6 is 10.7 Å². The Morgan fingerprint density at radius 1 is 1.19 bits per heavy atom. The Labute approximate surface area is 125 Å². The van der Waals surface area contributed by atoms with Gasteiger partial charge in [0.15, 0.2) is 5.65 Å². The number of rotatable bonds is 2. The van der Waals surface area contributed by atoms with E-state index in [0.717, 1.165) is 11.3 Å². The van der Waals surface area contributed by atoms with Gasteiger partial charge in [0.05, 0.1) is 22.5 Å². The Bertz CT molecular complexity index is 950. The highest BCUT2D eigenvalue weighted by Gasteiger charge is 2.16. The summed E-state index contributed by atoms with van der Waals surface area (Å²) in [5, 5.41) is 4.17. The molecule has 0 bridgehead atoms. The van der Waals surface area contributed by atoms with Crippen molar-refractivity contribution < 1.29 is 8.42 Å². The fourth-order valence-electron chi connectivity index (χ4n) is 2.14. The van der Waals surface area contributed by atoms with Gasteiger partial charge in [-0.2, -0.15) is 5.10 Å². The first-order valence-corrected chi connectivity index (χ1v) is 8.40. The van der Waals surface area contributed by atoms with Gasteiger partial charge < -0.3 is 0 Å². The lowest BCUT2D eigenvalue weighted by molar-refractivity contribution is 0.609. The first-order valence-electron chi connectivity index (χ1n) is 6.09. The summed E-state index contributed by atoms with van der Waals surface area (Å²) in [5.41, 5.74) is 3.68. The molecule has 0 atom stereocenters. The molecule has 0 radical (unpaired) electrons. The van der Waals surface area contributed by atoms with Crippen LogP contribution in [-0.2, 0) is 9.05 Å². The number of halogens is 1. The molecular formula is C13H11ClN4O2S. The number of imidazole rings is 1. The zero-order valence-corrected chi connectivity index (χ0v) is 12.9. The second-order valence-electron chi connectivity index (χ2n) is 4.64. The summed E-state index contributed by atoms with van der Waals surface area (Å²) < 4.78 is 24.6. The van der Waals surface area contributed by atoms with Crippen LogP contribution in [-0.4, -0.2) is 28.0 Å². The quantitative estimate of drug-likeness (QED) is 0.677. The average molecular weight is 323 g/mol. The lowest BCUT2D eigenvalue weighted by Crippen LogP contribution is -1.99. The van der Waals surface area contributed by atoms with Crippen molar-refractivity contribution in [2.24, 2.45) is 0 Å². The second-order valence-corrected chi connectivity index (χ2v) is 7.20. The van der Waals surface area contributed by atoms with Crippen LogP contribution in [0.4, 0.5) is 0 Å². The molecule has 0 fully saturated rings. The summed E-state index contributed by atoms with van der Waals surface area (Å²) in [7, 11) is 1.63. The largest absolute Gasteiger partial charge is 0.261 e. The van der Waals surface area contributed by atoms with E-state index in [4.69, 9.17) is 10.7 Å². The highest BCUT2D eigenvalue weighted by atomic mass is 35.7. The molecule has 6 nitrogen and oxygen atoms in total. The minimum absolute atomic E-state index is 0.0468. The smallest absolute Gasteiger partial charge is 0.236 e. The van der Waals surface area contributed by atoms with E-state index in [1.54, 1.807) is 16.8 Å². The van der Waals surface area contributed by atoms with E-state index in [2.05, 4.69) is 15.1 Å². The van der Waals surface area contributed by atoms with Crippen LogP contribution < -0.4 is 0 Å². The van der Waals surface area contributed by atoms with E-state index in [0.29, 0.717) is 16.9 Å². The molecule has 2 aromatic heterocycles. The van der Waals surface area contributed by atoms with Crippen molar-refractivity contribution in [2.75, 3.05) is 0 Å². The van der Waals surface area contributed by atoms with E-state index >= 15 is 0 Å². The molecule has 108 valence electrons. The summed E-state index contributed by atoms with van der Waals surface area (Å²) >= 11 is 0. The first-order chi connectivity index (χ1) is 9.88. The Morgan fingerprint density at radius 3 is 2.67 bits per heavy atom. The number of hydrogen-bond acceptors (Lipinski definition) is 5. The van der Waals surface area contributed by atoms with E-state index in [-0.39, 0.29) is 4.90 Å². The number of fused-ring (bicyclic) bond motifs is 1. The van der Waals surface area contributed by atoms with Gasteiger partial charge in [-0.15, -0.1) is 0 Å². The van der Waals surface area contributed by atoms with Crippen LogP contribution in [0.1, 0.15) is 11.3 Å². The molecule has 0 unspecified atom stereocenters. The third kappa shape index (κ3) is 2.38. The van der Waals surface area contributed by atoms with E-state index in [1.165, 1.54) is 18.5 Å². The standard InChI is InChI=1S/C13H11ClN4O2S/c1-8-3-4-10(21(14,19)20)5-11(8)12-6-15-13-9(2)16-7-17-18(12)13/h3-7H,1-2H3. The maximum absolute atomic E-state index is 11.5. The Hall–Kier alpha value is -1.99. The zero-order chi connectivity index (χ0) is 15.2. The summed E-state index contributed by atoms with van der Waals surface area (Å²) in [5.74, 6) is 0. The van der Waals surface area contributed by atoms with Crippen molar-refractivity contribution in [2.45, 2.75) is 18.7 Å². The molecule has 0 saturated carbocycles. The molecule has 0 aliphatic heterocycles. The molecule has 8 heteroatoms. The molecule has 2 heterocycles. The predicted molar refractivity (Wildman–Crippen MR) is 78.7 cm³/mol. The highest BCUT2D eigenvalue weighted by Crippen LogP contribution is 2.28. The lowest BCUT2D eigenvalue weighted by Gasteiger charge is -2.07. The van der Waals surface area contributed by atoms with Crippen molar-refractivity contribution in [3.05, 3.63) is 42.0 Å². The number of nitrogens with zero attached hydrogens (tertiary/aromatic N) is 4. The minimum Gasteiger partial charge on any atom is -0.236 e. The predicted octanol–water partition coefficient (Wildman–Crippen LogP) is 2.34. The number of aryl methyl sites for hydroxylation is 2. The molecule has 0 aliphatic rings. The first kappa shape index (κ1) is 14.0. The van der Waals surface area contributed by atoms with Crippen LogP contribution in [0.3, 0.4) is 0 Å².